The smallest absolute Gasteiger partial charge is 0.268 e. The predicted molar refractivity (Wildman–Crippen MR) is 106 cm³/mol. The number of hydrogen-bond donors (Lipinski definition) is 1. The summed E-state index contributed by atoms with van der Waals surface area (Å²) in [5.41, 5.74) is 1.07. The maximum absolute atomic E-state index is 12.4. The Kier molecular flexibility index (Phi) is 5.60. The zero-order chi connectivity index (χ0) is 20.3. The quantitative estimate of drug-likeness (QED) is 0.488. The van der Waals surface area contributed by atoms with E-state index in [1.165, 1.54) is 6.08 Å². The summed E-state index contributed by atoms with van der Waals surface area (Å²) < 4.78 is 28.3. The number of rotatable bonds is 5. The van der Waals surface area contributed by atoms with E-state index in [1.54, 1.807) is 41.1 Å². The van der Waals surface area contributed by atoms with Crippen molar-refractivity contribution < 1.29 is 13.2 Å². The lowest BCUT2D eigenvalue weighted by molar-refractivity contribution is -0.112. The molecule has 0 spiro atoms. The van der Waals surface area contributed by atoms with E-state index in [0.717, 1.165) is 6.26 Å². The monoisotopic (exact) mass is 433 g/mol. The number of amides is 1. The van der Waals surface area contributed by atoms with Crippen LogP contribution >= 0.6 is 23.1 Å². The number of halogens is 1. The maximum atomic E-state index is 12.4. The molecule has 0 bridgehead atoms. The minimum atomic E-state index is -3.58. The number of hydrogen-bond acceptors (Lipinski definition) is 7. The van der Waals surface area contributed by atoms with Gasteiger partial charge in [0.05, 0.1) is 10.7 Å². The average Bonchev–Trinajstić information content (AvgIpc) is 3.29. The summed E-state index contributed by atoms with van der Waals surface area (Å²) in [5.74, 6) is -0.731. The molecule has 28 heavy (non-hydrogen) atoms. The van der Waals surface area contributed by atoms with Gasteiger partial charge in [0, 0.05) is 29.7 Å². The van der Waals surface area contributed by atoms with Crippen LogP contribution in [0.5, 0.6) is 0 Å². The number of carbonyl (C=O) groups is 1. The molecule has 0 aliphatic carbocycles. The molecule has 2 heterocycles. The second-order valence-corrected chi connectivity index (χ2v) is 8.60. The standard InChI is InChI=1S/C17H12ClN5O3S2/c1-28(25,26)17-21-16(27-22-17)20-15(24)11(10-19)9-12-5-4-8-23(12)14-7-3-2-6-13(14)18/h2-9H,1H3,(H,20,21,22,24). The molecule has 0 aliphatic heterocycles. The summed E-state index contributed by atoms with van der Waals surface area (Å²) >= 11 is 6.93. The first-order chi connectivity index (χ1) is 13.3. The van der Waals surface area contributed by atoms with Crippen molar-refractivity contribution >= 4 is 50.1 Å². The molecule has 11 heteroatoms. The molecule has 1 amide bonds. The van der Waals surface area contributed by atoms with Crippen LogP contribution in [0.15, 0.2) is 53.3 Å². The normalized spacial score (nSPS) is 11.8. The van der Waals surface area contributed by atoms with Crippen molar-refractivity contribution in [2.45, 2.75) is 5.16 Å². The molecule has 1 N–H and O–H groups in total. The fourth-order valence-corrected chi connectivity index (χ4v) is 3.92. The van der Waals surface area contributed by atoms with Crippen LogP contribution in [0, 0.1) is 11.3 Å². The molecule has 142 valence electrons. The summed E-state index contributed by atoms with van der Waals surface area (Å²) in [6.07, 6.45) is 4.12. The zero-order valence-corrected chi connectivity index (χ0v) is 16.7. The minimum absolute atomic E-state index is 0.0203. The summed E-state index contributed by atoms with van der Waals surface area (Å²) in [6.45, 7) is 0. The van der Waals surface area contributed by atoms with Crippen LogP contribution in [-0.4, -0.2) is 34.5 Å². The number of nitrogens with zero attached hydrogens (tertiary/aromatic N) is 4. The number of para-hydroxylation sites is 1. The molecule has 0 radical (unpaired) electrons. The summed E-state index contributed by atoms with van der Waals surface area (Å²) in [7, 11) is -3.58. The van der Waals surface area contributed by atoms with Crippen molar-refractivity contribution in [2.75, 3.05) is 11.6 Å². The highest BCUT2D eigenvalue weighted by Crippen LogP contribution is 2.23. The van der Waals surface area contributed by atoms with Gasteiger partial charge in [-0.3, -0.25) is 10.1 Å². The maximum Gasteiger partial charge on any atom is 0.268 e. The van der Waals surface area contributed by atoms with Gasteiger partial charge in [-0.05, 0) is 30.3 Å². The van der Waals surface area contributed by atoms with Crippen molar-refractivity contribution in [1.82, 2.24) is 13.9 Å². The number of sulfone groups is 1. The highest BCUT2D eigenvalue weighted by Gasteiger charge is 2.18. The first-order valence-electron chi connectivity index (χ1n) is 7.69. The first-order valence-corrected chi connectivity index (χ1v) is 10.7. The lowest BCUT2D eigenvalue weighted by Crippen LogP contribution is -2.14. The highest BCUT2D eigenvalue weighted by atomic mass is 35.5. The van der Waals surface area contributed by atoms with Crippen LogP contribution in [0.2, 0.25) is 5.02 Å². The molecule has 3 rings (SSSR count). The largest absolute Gasteiger partial charge is 0.316 e. The van der Waals surface area contributed by atoms with Crippen LogP contribution in [0.4, 0.5) is 5.13 Å². The van der Waals surface area contributed by atoms with Crippen molar-refractivity contribution in [3.05, 3.63) is 58.9 Å². The Morgan fingerprint density at radius 3 is 2.71 bits per heavy atom. The van der Waals surface area contributed by atoms with Crippen molar-refractivity contribution in [1.29, 1.82) is 5.26 Å². The van der Waals surface area contributed by atoms with Crippen molar-refractivity contribution in [3.63, 3.8) is 0 Å². The number of nitrogens with one attached hydrogen (secondary N) is 1. The van der Waals surface area contributed by atoms with E-state index in [0.29, 0.717) is 27.9 Å². The Balaban J connectivity index is 1.88. The first kappa shape index (κ1) is 19.8. The van der Waals surface area contributed by atoms with Gasteiger partial charge >= 0.3 is 0 Å². The number of benzene rings is 1. The molecule has 1 aromatic carbocycles. The third kappa shape index (κ3) is 4.28. The summed E-state index contributed by atoms with van der Waals surface area (Å²) in [4.78, 5) is 16.1. The second-order valence-electron chi connectivity index (χ2n) is 5.53. The van der Waals surface area contributed by atoms with Gasteiger partial charge in [0.1, 0.15) is 11.6 Å². The second kappa shape index (κ2) is 7.93. The molecule has 0 fully saturated rings. The van der Waals surface area contributed by atoms with Gasteiger partial charge < -0.3 is 4.57 Å². The summed E-state index contributed by atoms with van der Waals surface area (Å²) in [6, 6.07) is 12.5. The molecule has 2 aromatic heterocycles. The third-order valence-electron chi connectivity index (χ3n) is 3.51. The lowest BCUT2D eigenvalue weighted by atomic mass is 10.2. The van der Waals surface area contributed by atoms with Crippen LogP contribution in [0.25, 0.3) is 11.8 Å². The van der Waals surface area contributed by atoms with E-state index in [4.69, 9.17) is 11.6 Å². The van der Waals surface area contributed by atoms with E-state index < -0.39 is 15.7 Å². The van der Waals surface area contributed by atoms with E-state index in [9.17, 15) is 18.5 Å². The van der Waals surface area contributed by atoms with Crippen LogP contribution < -0.4 is 5.32 Å². The zero-order valence-electron chi connectivity index (χ0n) is 14.3. The molecule has 0 unspecified atom stereocenters. The fourth-order valence-electron chi connectivity index (χ4n) is 2.25. The van der Waals surface area contributed by atoms with Gasteiger partial charge in [0.2, 0.25) is 15.0 Å². The number of nitriles is 1. The van der Waals surface area contributed by atoms with E-state index in [1.807, 2.05) is 12.1 Å². The fraction of sp³-hybridized carbons (Fsp3) is 0.0588. The van der Waals surface area contributed by atoms with Gasteiger partial charge in [-0.2, -0.15) is 14.6 Å². The lowest BCUT2D eigenvalue weighted by Gasteiger charge is -2.09. The van der Waals surface area contributed by atoms with E-state index in [-0.39, 0.29) is 15.9 Å². The van der Waals surface area contributed by atoms with Crippen LogP contribution in [-0.2, 0) is 14.6 Å². The predicted octanol–water partition coefficient (Wildman–Crippen LogP) is 2.93. The van der Waals surface area contributed by atoms with Crippen LogP contribution in [0.3, 0.4) is 0 Å². The molecular formula is C17H12ClN5O3S2. The molecule has 0 atom stereocenters. The van der Waals surface area contributed by atoms with Gasteiger partial charge in [0.15, 0.2) is 0 Å². The number of aromatic nitrogens is 3. The highest BCUT2D eigenvalue weighted by molar-refractivity contribution is 7.90. The molecule has 0 saturated heterocycles. The topological polar surface area (TPSA) is 118 Å². The van der Waals surface area contributed by atoms with Gasteiger partial charge in [-0.1, -0.05) is 23.7 Å². The third-order valence-corrected chi connectivity index (χ3v) is 5.42. The number of anilines is 1. The summed E-state index contributed by atoms with van der Waals surface area (Å²) in [5, 5.41) is 11.9. The van der Waals surface area contributed by atoms with E-state index >= 15 is 0 Å². The SMILES string of the molecule is CS(=O)(=O)c1nsc(NC(=O)C(C#N)=Cc2cccn2-c2ccccc2Cl)n1. The molecule has 0 saturated carbocycles. The Morgan fingerprint density at radius 2 is 2.07 bits per heavy atom. The van der Waals surface area contributed by atoms with Gasteiger partial charge in [0.25, 0.3) is 11.1 Å². The Morgan fingerprint density at radius 1 is 1.32 bits per heavy atom. The number of carbonyl (C=O) groups excluding carboxylic acids is 1. The van der Waals surface area contributed by atoms with Crippen LogP contribution in [0.1, 0.15) is 5.69 Å². The average molecular weight is 434 g/mol. The molecular weight excluding hydrogens is 422 g/mol. The van der Waals surface area contributed by atoms with E-state index in [2.05, 4.69) is 14.7 Å². The van der Waals surface area contributed by atoms with Gasteiger partial charge in [-0.25, -0.2) is 8.42 Å². The Hall–Kier alpha value is -3.00. The molecule has 3 aromatic rings. The minimum Gasteiger partial charge on any atom is -0.316 e. The van der Waals surface area contributed by atoms with Gasteiger partial charge in [-0.15, -0.1) is 0 Å². The molecule has 8 nitrogen and oxygen atoms in total. The Labute approximate surface area is 169 Å². The molecule has 0 aliphatic rings. The van der Waals surface area contributed by atoms with Crippen molar-refractivity contribution in [3.8, 4) is 11.8 Å². The Bertz CT molecular complexity index is 1220. The van der Waals surface area contributed by atoms with Crippen molar-refractivity contribution in [2.24, 2.45) is 0 Å².